The Bertz CT molecular complexity index is 624. The highest BCUT2D eigenvalue weighted by Gasteiger charge is 2.28. The number of H-pyrrole nitrogens is 1. The van der Waals surface area contributed by atoms with E-state index in [1.165, 1.54) is 32.5 Å². The molecule has 0 radical (unpaired) electrons. The number of nitrogens with zero attached hydrogens (tertiary/aromatic N) is 4. The van der Waals surface area contributed by atoms with E-state index in [0.717, 1.165) is 41.6 Å². The summed E-state index contributed by atoms with van der Waals surface area (Å²) < 4.78 is 0. The second-order valence-corrected chi connectivity index (χ2v) is 6.30. The lowest BCUT2D eigenvalue weighted by Gasteiger charge is -2.31. The first-order valence-corrected chi connectivity index (χ1v) is 7.94. The first kappa shape index (κ1) is 13.0. The number of piperidine rings is 1. The summed E-state index contributed by atoms with van der Waals surface area (Å²) in [6.45, 7) is 3.66. The summed E-state index contributed by atoms with van der Waals surface area (Å²) in [6, 6.07) is 0. The van der Waals surface area contributed by atoms with Crippen LogP contribution in [0.4, 0.5) is 5.82 Å². The molecular weight excluding hydrogens is 264 g/mol. The molecule has 2 aliphatic rings. The Morgan fingerprint density at radius 1 is 1.24 bits per heavy atom. The highest BCUT2D eigenvalue weighted by molar-refractivity contribution is 5.82. The van der Waals surface area contributed by atoms with Gasteiger partial charge in [-0.1, -0.05) is 0 Å². The zero-order valence-electron chi connectivity index (χ0n) is 12.5. The molecule has 0 aromatic carbocycles. The maximum Gasteiger partial charge on any atom is 0.183 e. The molecule has 2 N–H and O–H groups in total. The van der Waals surface area contributed by atoms with E-state index >= 15 is 0 Å². The highest BCUT2D eigenvalue weighted by atomic mass is 15.1. The Balaban J connectivity index is 1.50. The van der Waals surface area contributed by atoms with Gasteiger partial charge < -0.3 is 15.2 Å². The Labute approximate surface area is 124 Å². The van der Waals surface area contributed by atoms with Crippen molar-refractivity contribution in [3.63, 3.8) is 0 Å². The number of aromatic amines is 1. The van der Waals surface area contributed by atoms with Gasteiger partial charge in [0.15, 0.2) is 11.5 Å². The second-order valence-electron chi connectivity index (χ2n) is 6.30. The van der Waals surface area contributed by atoms with Gasteiger partial charge in [0.25, 0.3) is 0 Å². The van der Waals surface area contributed by atoms with Crippen LogP contribution in [-0.2, 0) is 0 Å². The van der Waals surface area contributed by atoms with E-state index in [2.05, 4.69) is 25.2 Å². The third-order valence-corrected chi connectivity index (χ3v) is 4.71. The van der Waals surface area contributed by atoms with E-state index in [4.69, 9.17) is 4.98 Å². The SMILES string of the molecule is CNc1nc(C2CCN(CC3CC3)CC2)nc2nc[nH]c12. The van der Waals surface area contributed by atoms with Gasteiger partial charge in [0.05, 0.1) is 6.33 Å². The zero-order valence-corrected chi connectivity index (χ0v) is 12.5. The van der Waals surface area contributed by atoms with Crippen molar-refractivity contribution in [3.8, 4) is 0 Å². The molecule has 0 spiro atoms. The molecule has 1 saturated heterocycles. The lowest BCUT2D eigenvalue weighted by molar-refractivity contribution is 0.202. The third kappa shape index (κ3) is 2.60. The van der Waals surface area contributed by atoms with Crippen LogP contribution in [0, 0.1) is 5.92 Å². The van der Waals surface area contributed by atoms with Gasteiger partial charge in [-0.05, 0) is 44.7 Å². The molecule has 6 heteroatoms. The normalized spacial score (nSPS) is 21.0. The summed E-state index contributed by atoms with van der Waals surface area (Å²) in [5.74, 6) is 3.25. The van der Waals surface area contributed by atoms with Crippen LogP contribution in [0.25, 0.3) is 11.2 Å². The van der Waals surface area contributed by atoms with Gasteiger partial charge in [-0.3, -0.25) is 0 Å². The molecule has 2 aromatic heterocycles. The zero-order chi connectivity index (χ0) is 14.2. The molecule has 2 aromatic rings. The van der Waals surface area contributed by atoms with Crippen molar-refractivity contribution >= 4 is 17.0 Å². The Morgan fingerprint density at radius 2 is 2.05 bits per heavy atom. The van der Waals surface area contributed by atoms with E-state index in [0.29, 0.717) is 5.92 Å². The average Bonchev–Trinajstić information content (AvgIpc) is 3.20. The largest absolute Gasteiger partial charge is 0.371 e. The number of hydrogen-bond acceptors (Lipinski definition) is 5. The smallest absolute Gasteiger partial charge is 0.183 e. The number of fused-ring (bicyclic) bond motifs is 1. The Hall–Kier alpha value is -1.69. The highest BCUT2D eigenvalue weighted by Crippen LogP contribution is 2.33. The van der Waals surface area contributed by atoms with Gasteiger partial charge in [0, 0.05) is 19.5 Å². The fourth-order valence-electron chi connectivity index (χ4n) is 3.25. The molecule has 21 heavy (non-hydrogen) atoms. The summed E-state index contributed by atoms with van der Waals surface area (Å²) in [6.07, 6.45) is 6.87. The van der Waals surface area contributed by atoms with Crippen molar-refractivity contribution in [2.75, 3.05) is 32.0 Å². The molecule has 2 fully saturated rings. The van der Waals surface area contributed by atoms with E-state index in [-0.39, 0.29) is 0 Å². The van der Waals surface area contributed by atoms with Crippen LogP contribution in [0.5, 0.6) is 0 Å². The summed E-state index contributed by atoms with van der Waals surface area (Å²) in [5.41, 5.74) is 1.66. The molecule has 0 unspecified atom stereocenters. The average molecular weight is 286 g/mol. The van der Waals surface area contributed by atoms with Crippen LogP contribution in [0.1, 0.15) is 37.4 Å². The van der Waals surface area contributed by atoms with Crippen LogP contribution in [-0.4, -0.2) is 51.5 Å². The second kappa shape index (κ2) is 5.26. The summed E-state index contributed by atoms with van der Waals surface area (Å²) in [7, 11) is 1.89. The van der Waals surface area contributed by atoms with Gasteiger partial charge in [0.1, 0.15) is 11.3 Å². The first-order chi connectivity index (χ1) is 10.3. The molecule has 4 rings (SSSR count). The Morgan fingerprint density at radius 3 is 2.76 bits per heavy atom. The van der Waals surface area contributed by atoms with Crippen molar-refractivity contribution in [1.82, 2.24) is 24.8 Å². The van der Waals surface area contributed by atoms with Crippen LogP contribution in [0.15, 0.2) is 6.33 Å². The van der Waals surface area contributed by atoms with Crippen LogP contribution in [0.2, 0.25) is 0 Å². The van der Waals surface area contributed by atoms with E-state index in [1.807, 2.05) is 7.05 Å². The van der Waals surface area contributed by atoms with Gasteiger partial charge in [-0.25, -0.2) is 15.0 Å². The van der Waals surface area contributed by atoms with Crippen molar-refractivity contribution in [1.29, 1.82) is 0 Å². The number of aromatic nitrogens is 4. The molecule has 0 amide bonds. The first-order valence-electron chi connectivity index (χ1n) is 7.94. The number of imidazole rings is 1. The summed E-state index contributed by atoms with van der Waals surface area (Å²) in [4.78, 5) is 19.4. The molecule has 112 valence electrons. The molecule has 6 nitrogen and oxygen atoms in total. The maximum atomic E-state index is 4.70. The number of anilines is 1. The summed E-state index contributed by atoms with van der Waals surface area (Å²) in [5, 5.41) is 3.15. The quantitative estimate of drug-likeness (QED) is 0.899. The molecular formula is C15H22N6. The van der Waals surface area contributed by atoms with E-state index in [9.17, 15) is 0 Å². The van der Waals surface area contributed by atoms with Crippen molar-refractivity contribution < 1.29 is 0 Å². The van der Waals surface area contributed by atoms with E-state index < -0.39 is 0 Å². The maximum absolute atomic E-state index is 4.70. The number of nitrogens with one attached hydrogen (secondary N) is 2. The standard InChI is InChI=1S/C15H22N6/c1-16-14-12-15(18-9-17-12)20-13(19-14)11-4-6-21(7-5-11)8-10-2-3-10/h9-11H,2-8H2,1H3,(H2,16,17,18,19,20). The van der Waals surface area contributed by atoms with Gasteiger partial charge in [-0.15, -0.1) is 0 Å². The minimum atomic E-state index is 0.466. The van der Waals surface area contributed by atoms with Gasteiger partial charge >= 0.3 is 0 Å². The molecule has 1 saturated carbocycles. The van der Waals surface area contributed by atoms with Crippen molar-refractivity contribution in [2.45, 2.75) is 31.6 Å². The molecule has 1 aliphatic heterocycles. The number of hydrogen-bond donors (Lipinski definition) is 2. The predicted octanol–water partition coefficient (Wildman–Crippen LogP) is 1.98. The molecule has 0 atom stereocenters. The minimum Gasteiger partial charge on any atom is -0.371 e. The lowest BCUT2D eigenvalue weighted by Crippen LogP contribution is -2.34. The van der Waals surface area contributed by atoms with Crippen molar-refractivity contribution in [2.24, 2.45) is 5.92 Å². The van der Waals surface area contributed by atoms with Crippen LogP contribution < -0.4 is 5.32 Å². The fourth-order valence-corrected chi connectivity index (χ4v) is 3.25. The molecule has 0 bridgehead atoms. The lowest BCUT2D eigenvalue weighted by atomic mass is 9.95. The predicted molar refractivity (Wildman–Crippen MR) is 82.4 cm³/mol. The number of rotatable bonds is 4. The van der Waals surface area contributed by atoms with Gasteiger partial charge in [0.2, 0.25) is 0 Å². The minimum absolute atomic E-state index is 0.466. The monoisotopic (exact) mass is 286 g/mol. The van der Waals surface area contributed by atoms with Crippen LogP contribution in [0.3, 0.4) is 0 Å². The summed E-state index contributed by atoms with van der Waals surface area (Å²) >= 11 is 0. The Kier molecular flexibility index (Phi) is 3.25. The third-order valence-electron chi connectivity index (χ3n) is 4.71. The molecule has 1 aliphatic carbocycles. The van der Waals surface area contributed by atoms with E-state index in [1.54, 1.807) is 6.33 Å². The molecule has 3 heterocycles. The topological polar surface area (TPSA) is 69.7 Å². The van der Waals surface area contributed by atoms with Crippen LogP contribution >= 0.6 is 0 Å². The van der Waals surface area contributed by atoms with Gasteiger partial charge in [-0.2, -0.15) is 0 Å². The fraction of sp³-hybridized carbons (Fsp3) is 0.667. The number of likely N-dealkylation sites (tertiary alicyclic amines) is 1. The van der Waals surface area contributed by atoms with Crippen molar-refractivity contribution in [3.05, 3.63) is 12.2 Å².